The number of carboxylic acids is 1. The molecule has 0 fully saturated rings. The quantitative estimate of drug-likeness (QED) is 0.553. The standard InChI is InChI=1S/C13H12N2O5/c1-13(2,12(19)20)11(18)14-6-3-4-7-8(5-6)10(17)15-9(7)16/h3-5H,1-2H3,(H,14,18)(H,19,20)(H,15,16,17). The number of anilines is 1. The van der Waals surface area contributed by atoms with Crippen molar-refractivity contribution in [3.63, 3.8) is 0 Å². The average Bonchev–Trinajstić information content (AvgIpc) is 2.64. The van der Waals surface area contributed by atoms with E-state index >= 15 is 0 Å². The monoisotopic (exact) mass is 276 g/mol. The van der Waals surface area contributed by atoms with E-state index in [9.17, 15) is 19.2 Å². The summed E-state index contributed by atoms with van der Waals surface area (Å²) >= 11 is 0. The van der Waals surface area contributed by atoms with Gasteiger partial charge in [0.15, 0.2) is 0 Å². The summed E-state index contributed by atoms with van der Waals surface area (Å²) in [7, 11) is 0. The zero-order valence-corrected chi connectivity index (χ0v) is 10.8. The highest BCUT2D eigenvalue weighted by molar-refractivity contribution is 6.22. The SMILES string of the molecule is CC(C)(C(=O)O)C(=O)Nc1ccc2c(c1)C(=O)NC2=O. The van der Waals surface area contributed by atoms with Gasteiger partial charge in [0.2, 0.25) is 5.91 Å². The number of carbonyl (C=O) groups excluding carboxylic acids is 3. The zero-order chi connectivity index (χ0) is 15.1. The van der Waals surface area contributed by atoms with Crippen LogP contribution < -0.4 is 10.6 Å². The summed E-state index contributed by atoms with van der Waals surface area (Å²) in [6.07, 6.45) is 0. The molecule has 2 rings (SSSR count). The summed E-state index contributed by atoms with van der Waals surface area (Å²) < 4.78 is 0. The van der Waals surface area contributed by atoms with Gasteiger partial charge in [0.25, 0.3) is 11.8 Å². The van der Waals surface area contributed by atoms with Crippen molar-refractivity contribution in [2.75, 3.05) is 5.32 Å². The molecule has 1 aliphatic heterocycles. The molecule has 0 radical (unpaired) electrons. The Bertz CT molecular complexity index is 648. The Morgan fingerprint density at radius 2 is 1.75 bits per heavy atom. The Balaban J connectivity index is 2.27. The molecule has 104 valence electrons. The Morgan fingerprint density at radius 1 is 1.15 bits per heavy atom. The van der Waals surface area contributed by atoms with Crippen molar-refractivity contribution in [2.45, 2.75) is 13.8 Å². The molecule has 0 saturated heterocycles. The summed E-state index contributed by atoms with van der Waals surface area (Å²) in [6, 6.07) is 4.18. The number of imide groups is 1. The van der Waals surface area contributed by atoms with Crippen molar-refractivity contribution in [2.24, 2.45) is 5.41 Å². The van der Waals surface area contributed by atoms with Crippen molar-refractivity contribution in [1.82, 2.24) is 5.32 Å². The van der Waals surface area contributed by atoms with E-state index in [1.54, 1.807) is 0 Å². The van der Waals surface area contributed by atoms with Crippen LogP contribution in [0.25, 0.3) is 0 Å². The Kier molecular flexibility index (Phi) is 3.05. The number of amides is 3. The molecule has 0 aliphatic carbocycles. The summed E-state index contributed by atoms with van der Waals surface area (Å²) in [5.41, 5.74) is -0.962. The second-order valence-corrected chi connectivity index (χ2v) is 4.93. The van der Waals surface area contributed by atoms with E-state index in [4.69, 9.17) is 5.11 Å². The number of hydrogen-bond donors (Lipinski definition) is 3. The van der Waals surface area contributed by atoms with Crippen molar-refractivity contribution in [3.05, 3.63) is 29.3 Å². The predicted molar refractivity (Wildman–Crippen MR) is 68.3 cm³/mol. The van der Waals surface area contributed by atoms with Gasteiger partial charge in [-0.2, -0.15) is 0 Å². The van der Waals surface area contributed by atoms with Crippen LogP contribution in [0.4, 0.5) is 5.69 Å². The lowest BCUT2D eigenvalue weighted by atomic mass is 9.92. The summed E-state index contributed by atoms with van der Waals surface area (Å²) in [4.78, 5) is 45.7. The minimum Gasteiger partial charge on any atom is -0.480 e. The molecule has 0 bridgehead atoms. The van der Waals surface area contributed by atoms with Crippen LogP contribution in [0.15, 0.2) is 18.2 Å². The maximum absolute atomic E-state index is 11.9. The lowest BCUT2D eigenvalue weighted by molar-refractivity contribution is -0.151. The molecule has 3 amide bonds. The van der Waals surface area contributed by atoms with Gasteiger partial charge in [-0.15, -0.1) is 0 Å². The molecule has 7 nitrogen and oxygen atoms in total. The van der Waals surface area contributed by atoms with E-state index in [0.29, 0.717) is 0 Å². The van der Waals surface area contributed by atoms with Gasteiger partial charge in [-0.05, 0) is 32.0 Å². The summed E-state index contributed by atoms with van der Waals surface area (Å²) in [5, 5.41) is 13.5. The van der Waals surface area contributed by atoms with E-state index in [2.05, 4.69) is 10.6 Å². The largest absolute Gasteiger partial charge is 0.480 e. The fourth-order valence-electron chi connectivity index (χ4n) is 1.63. The van der Waals surface area contributed by atoms with Gasteiger partial charge in [0, 0.05) is 5.69 Å². The van der Waals surface area contributed by atoms with Crippen molar-refractivity contribution >= 4 is 29.4 Å². The second kappa shape index (κ2) is 4.44. The highest BCUT2D eigenvalue weighted by atomic mass is 16.4. The first-order valence-electron chi connectivity index (χ1n) is 5.78. The predicted octanol–water partition coefficient (Wildman–Crippen LogP) is 0.620. The van der Waals surface area contributed by atoms with Crippen LogP contribution in [-0.2, 0) is 9.59 Å². The fourth-order valence-corrected chi connectivity index (χ4v) is 1.63. The minimum atomic E-state index is -1.60. The molecule has 1 aromatic rings. The van der Waals surface area contributed by atoms with E-state index < -0.39 is 29.1 Å². The van der Waals surface area contributed by atoms with Gasteiger partial charge < -0.3 is 10.4 Å². The van der Waals surface area contributed by atoms with Crippen molar-refractivity contribution in [3.8, 4) is 0 Å². The first kappa shape index (κ1) is 13.7. The van der Waals surface area contributed by atoms with Crippen LogP contribution in [-0.4, -0.2) is 28.8 Å². The smallest absolute Gasteiger partial charge is 0.318 e. The molecule has 1 aromatic carbocycles. The van der Waals surface area contributed by atoms with Crippen LogP contribution in [0.1, 0.15) is 34.6 Å². The third kappa shape index (κ3) is 2.13. The van der Waals surface area contributed by atoms with Gasteiger partial charge in [0.05, 0.1) is 11.1 Å². The van der Waals surface area contributed by atoms with Gasteiger partial charge >= 0.3 is 5.97 Å². The van der Waals surface area contributed by atoms with Gasteiger partial charge in [-0.25, -0.2) is 0 Å². The van der Waals surface area contributed by atoms with E-state index in [0.717, 1.165) is 0 Å². The lowest BCUT2D eigenvalue weighted by Crippen LogP contribution is -2.37. The third-order valence-corrected chi connectivity index (χ3v) is 3.10. The molecule has 0 unspecified atom stereocenters. The first-order chi connectivity index (χ1) is 9.23. The van der Waals surface area contributed by atoms with E-state index in [-0.39, 0.29) is 16.8 Å². The van der Waals surface area contributed by atoms with Gasteiger partial charge in [-0.1, -0.05) is 0 Å². The molecule has 1 aliphatic rings. The number of hydrogen-bond acceptors (Lipinski definition) is 4. The maximum Gasteiger partial charge on any atom is 0.318 e. The molecule has 0 saturated carbocycles. The highest BCUT2D eigenvalue weighted by Gasteiger charge is 2.36. The van der Waals surface area contributed by atoms with Crippen LogP contribution in [0.3, 0.4) is 0 Å². The molecule has 0 aromatic heterocycles. The maximum atomic E-state index is 11.9. The molecule has 7 heteroatoms. The zero-order valence-electron chi connectivity index (χ0n) is 10.8. The van der Waals surface area contributed by atoms with Crippen molar-refractivity contribution in [1.29, 1.82) is 0 Å². The van der Waals surface area contributed by atoms with Crippen molar-refractivity contribution < 1.29 is 24.3 Å². The number of fused-ring (bicyclic) bond motifs is 1. The van der Waals surface area contributed by atoms with Crippen LogP contribution in [0.2, 0.25) is 0 Å². The molecular formula is C13H12N2O5. The van der Waals surface area contributed by atoms with Crippen LogP contribution in [0.5, 0.6) is 0 Å². The van der Waals surface area contributed by atoms with Crippen LogP contribution in [0, 0.1) is 5.41 Å². The molecule has 0 spiro atoms. The lowest BCUT2D eigenvalue weighted by Gasteiger charge is -2.18. The third-order valence-electron chi connectivity index (χ3n) is 3.10. The van der Waals surface area contributed by atoms with E-state index in [1.807, 2.05) is 0 Å². The Hall–Kier alpha value is -2.70. The number of aliphatic carboxylic acids is 1. The summed E-state index contributed by atoms with van der Waals surface area (Å²) in [6.45, 7) is 2.54. The molecule has 0 atom stereocenters. The first-order valence-corrected chi connectivity index (χ1v) is 5.78. The fraction of sp³-hybridized carbons (Fsp3) is 0.231. The second-order valence-electron chi connectivity index (χ2n) is 4.93. The topological polar surface area (TPSA) is 113 Å². The highest BCUT2D eigenvalue weighted by Crippen LogP contribution is 2.23. The Morgan fingerprint density at radius 3 is 2.35 bits per heavy atom. The van der Waals surface area contributed by atoms with Gasteiger partial charge in [-0.3, -0.25) is 24.5 Å². The normalized spacial score (nSPS) is 13.7. The number of carboxylic acid groups (broad SMARTS) is 1. The molecular weight excluding hydrogens is 264 g/mol. The number of nitrogens with one attached hydrogen (secondary N) is 2. The van der Waals surface area contributed by atoms with Crippen LogP contribution >= 0.6 is 0 Å². The number of benzene rings is 1. The minimum absolute atomic E-state index is 0.154. The summed E-state index contributed by atoms with van der Waals surface area (Å²) in [5.74, 6) is -3.01. The molecule has 1 heterocycles. The number of rotatable bonds is 3. The Labute approximate surface area is 114 Å². The molecule has 3 N–H and O–H groups in total. The average molecular weight is 276 g/mol. The van der Waals surface area contributed by atoms with Gasteiger partial charge in [0.1, 0.15) is 5.41 Å². The van der Waals surface area contributed by atoms with E-state index in [1.165, 1.54) is 32.0 Å². The molecule has 20 heavy (non-hydrogen) atoms. The number of carbonyl (C=O) groups is 4.